The normalized spacial score (nSPS) is 14.8. The summed E-state index contributed by atoms with van der Waals surface area (Å²) in [5, 5.41) is 5.80. The molecule has 1 fully saturated rings. The summed E-state index contributed by atoms with van der Waals surface area (Å²) in [7, 11) is 0. The third-order valence-electron chi connectivity index (χ3n) is 4.45. The molecule has 0 atom stereocenters. The highest BCUT2D eigenvalue weighted by Gasteiger charge is 2.56. The molecule has 0 aromatic heterocycles. The molecule has 24 heavy (non-hydrogen) atoms. The van der Waals surface area contributed by atoms with Crippen LogP contribution in [-0.4, -0.2) is 11.8 Å². The molecule has 5 heteroatoms. The van der Waals surface area contributed by atoms with Gasteiger partial charge in [0.15, 0.2) is 0 Å². The van der Waals surface area contributed by atoms with Gasteiger partial charge in [-0.1, -0.05) is 34.1 Å². The molecule has 0 saturated heterocycles. The summed E-state index contributed by atoms with van der Waals surface area (Å²) in [6.07, 6.45) is 1.15. The maximum Gasteiger partial charge on any atom is 0.240 e. The number of hydrogen-bond donors (Lipinski definition) is 2. The summed E-state index contributed by atoms with van der Waals surface area (Å²) >= 11 is 3.40. The average molecular weight is 387 g/mol. The first-order valence-electron chi connectivity index (χ1n) is 7.87. The third kappa shape index (κ3) is 3.22. The summed E-state index contributed by atoms with van der Waals surface area (Å²) in [5.74, 6) is -0.469. The Balaban J connectivity index is 1.74. The molecule has 2 aromatic carbocycles. The molecule has 2 N–H and O–H groups in total. The predicted octanol–water partition coefficient (Wildman–Crippen LogP) is 4.42. The van der Waals surface area contributed by atoms with Gasteiger partial charge in [-0.15, -0.1) is 0 Å². The van der Waals surface area contributed by atoms with Crippen LogP contribution in [0.15, 0.2) is 46.9 Å². The van der Waals surface area contributed by atoms with E-state index in [1.165, 1.54) is 0 Å². The number of hydrogen-bond acceptors (Lipinski definition) is 2. The number of anilines is 2. The van der Waals surface area contributed by atoms with Crippen LogP contribution in [0.2, 0.25) is 0 Å². The van der Waals surface area contributed by atoms with Gasteiger partial charge in [0.25, 0.3) is 0 Å². The Hall–Kier alpha value is -2.14. The third-order valence-corrected chi connectivity index (χ3v) is 4.94. The van der Waals surface area contributed by atoms with E-state index in [1.54, 1.807) is 0 Å². The van der Waals surface area contributed by atoms with Gasteiger partial charge in [-0.2, -0.15) is 0 Å². The van der Waals surface area contributed by atoms with E-state index in [9.17, 15) is 9.59 Å². The van der Waals surface area contributed by atoms with E-state index in [0.29, 0.717) is 12.8 Å². The molecule has 1 saturated carbocycles. The van der Waals surface area contributed by atoms with Crippen molar-refractivity contribution in [2.75, 3.05) is 10.6 Å². The number of carbonyl (C=O) groups is 2. The minimum absolute atomic E-state index is 0.232. The van der Waals surface area contributed by atoms with Crippen molar-refractivity contribution in [1.29, 1.82) is 0 Å². The first-order chi connectivity index (χ1) is 11.4. The highest BCUT2D eigenvalue weighted by molar-refractivity contribution is 9.10. The van der Waals surface area contributed by atoms with Gasteiger partial charge in [0.2, 0.25) is 11.8 Å². The second-order valence-electron chi connectivity index (χ2n) is 6.26. The largest absolute Gasteiger partial charge is 0.325 e. The number of amides is 2. The van der Waals surface area contributed by atoms with Gasteiger partial charge < -0.3 is 10.6 Å². The molecule has 0 aliphatic heterocycles. The first kappa shape index (κ1) is 16.7. The number of carbonyl (C=O) groups excluding carboxylic acids is 2. The molecule has 3 rings (SSSR count). The summed E-state index contributed by atoms with van der Waals surface area (Å²) in [4.78, 5) is 25.3. The molecule has 124 valence electrons. The van der Waals surface area contributed by atoms with Crippen LogP contribution in [-0.2, 0) is 9.59 Å². The second-order valence-corrected chi connectivity index (χ2v) is 7.18. The van der Waals surface area contributed by atoms with Crippen LogP contribution in [0.4, 0.5) is 11.4 Å². The van der Waals surface area contributed by atoms with Crippen LogP contribution in [0.25, 0.3) is 0 Å². The molecule has 0 bridgehead atoms. The summed E-state index contributed by atoms with van der Waals surface area (Å²) in [5.41, 5.74) is 2.46. The minimum atomic E-state index is -0.957. The van der Waals surface area contributed by atoms with E-state index < -0.39 is 5.41 Å². The highest BCUT2D eigenvalue weighted by Crippen LogP contribution is 2.47. The van der Waals surface area contributed by atoms with Crippen molar-refractivity contribution in [2.45, 2.75) is 26.7 Å². The van der Waals surface area contributed by atoms with Gasteiger partial charge in [-0.25, -0.2) is 0 Å². The minimum Gasteiger partial charge on any atom is -0.325 e. The Morgan fingerprint density at radius 2 is 1.50 bits per heavy atom. The van der Waals surface area contributed by atoms with E-state index >= 15 is 0 Å². The highest BCUT2D eigenvalue weighted by atomic mass is 79.9. The maximum absolute atomic E-state index is 12.7. The van der Waals surface area contributed by atoms with Gasteiger partial charge in [0, 0.05) is 15.8 Å². The molecule has 2 aromatic rings. The number of halogens is 1. The van der Waals surface area contributed by atoms with Crippen molar-refractivity contribution >= 4 is 39.1 Å². The van der Waals surface area contributed by atoms with Crippen molar-refractivity contribution in [3.05, 3.63) is 58.1 Å². The van der Waals surface area contributed by atoms with Crippen molar-refractivity contribution in [1.82, 2.24) is 0 Å². The molecule has 1 aliphatic carbocycles. The Labute approximate surface area is 149 Å². The van der Waals surface area contributed by atoms with Crippen LogP contribution < -0.4 is 10.6 Å². The summed E-state index contributed by atoms with van der Waals surface area (Å²) in [6.45, 7) is 3.85. The van der Waals surface area contributed by atoms with E-state index in [0.717, 1.165) is 27.0 Å². The van der Waals surface area contributed by atoms with Gasteiger partial charge >= 0.3 is 0 Å². The van der Waals surface area contributed by atoms with E-state index in [4.69, 9.17) is 0 Å². The molecule has 2 amide bonds. The van der Waals surface area contributed by atoms with Crippen molar-refractivity contribution in [2.24, 2.45) is 5.41 Å². The monoisotopic (exact) mass is 386 g/mol. The molecule has 4 nitrogen and oxygen atoms in total. The quantitative estimate of drug-likeness (QED) is 0.763. The van der Waals surface area contributed by atoms with Crippen molar-refractivity contribution in [3.63, 3.8) is 0 Å². The van der Waals surface area contributed by atoms with Gasteiger partial charge in [0.1, 0.15) is 5.41 Å². The Morgan fingerprint density at radius 1 is 0.917 bits per heavy atom. The molecule has 0 spiro atoms. The zero-order valence-electron chi connectivity index (χ0n) is 13.7. The topological polar surface area (TPSA) is 58.2 Å². The van der Waals surface area contributed by atoms with Crippen molar-refractivity contribution < 1.29 is 9.59 Å². The van der Waals surface area contributed by atoms with Gasteiger partial charge in [0.05, 0.1) is 0 Å². The van der Waals surface area contributed by atoms with E-state index in [2.05, 4.69) is 26.6 Å². The fourth-order valence-corrected chi connectivity index (χ4v) is 3.12. The van der Waals surface area contributed by atoms with Crippen molar-refractivity contribution in [3.8, 4) is 0 Å². The maximum atomic E-state index is 12.7. The van der Waals surface area contributed by atoms with E-state index in [1.807, 2.05) is 56.3 Å². The van der Waals surface area contributed by atoms with Crippen LogP contribution in [0.3, 0.4) is 0 Å². The van der Waals surface area contributed by atoms with Gasteiger partial charge in [-0.05, 0) is 62.1 Å². The summed E-state index contributed by atoms with van der Waals surface area (Å²) < 4.78 is 0.955. The second kappa shape index (κ2) is 6.40. The SMILES string of the molecule is Cc1ccccc1NC(=O)C1(C(=O)Nc2ccc(Br)cc2C)CC1. The molecule has 1 aliphatic rings. The standard InChI is InChI=1S/C19H19BrN2O2/c1-12-5-3-4-6-15(12)21-17(23)19(9-10-19)18(24)22-16-8-7-14(20)11-13(16)2/h3-8,11H,9-10H2,1-2H3,(H,21,23)(H,22,24). The lowest BCUT2D eigenvalue weighted by Crippen LogP contribution is -2.36. The predicted molar refractivity (Wildman–Crippen MR) is 99.0 cm³/mol. The summed E-state index contributed by atoms with van der Waals surface area (Å²) in [6, 6.07) is 13.2. The van der Waals surface area contributed by atoms with Crippen LogP contribution in [0.5, 0.6) is 0 Å². The molecule has 0 heterocycles. The number of nitrogens with one attached hydrogen (secondary N) is 2. The Bertz CT molecular complexity index is 813. The zero-order chi connectivity index (χ0) is 17.3. The number of aryl methyl sites for hydroxylation is 2. The Morgan fingerprint density at radius 3 is 2.04 bits per heavy atom. The molecule has 0 unspecified atom stereocenters. The fraction of sp³-hybridized carbons (Fsp3) is 0.263. The molecular weight excluding hydrogens is 368 g/mol. The zero-order valence-corrected chi connectivity index (χ0v) is 15.2. The molecule has 0 radical (unpaired) electrons. The fourth-order valence-electron chi connectivity index (χ4n) is 2.65. The van der Waals surface area contributed by atoms with Crippen LogP contribution in [0, 0.1) is 19.3 Å². The Kier molecular flexibility index (Phi) is 4.45. The lowest BCUT2D eigenvalue weighted by Gasteiger charge is -2.17. The first-order valence-corrected chi connectivity index (χ1v) is 8.66. The number of benzene rings is 2. The molecular formula is C19H19BrN2O2. The lowest BCUT2D eigenvalue weighted by atomic mass is 10.0. The number of para-hydroxylation sites is 1. The lowest BCUT2D eigenvalue weighted by molar-refractivity contribution is -0.131. The van der Waals surface area contributed by atoms with Gasteiger partial charge in [-0.3, -0.25) is 9.59 Å². The smallest absolute Gasteiger partial charge is 0.240 e. The van der Waals surface area contributed by atoms with Crippen LogP contribution >= 0.6 is 15.9 Å². The van der Waals surface area contributed by atoms with E-state index in [-0.39, 0.29) is 11.8 Å². The number of rotatable bonds is 4. The van der Waals surface area contributed by atoms with Crippen LogP contribution in [0.1, 0.15) is 24.0 Å². The average Bonchev–Trinajstić information content (AvgIpc) is 3.34.